The normalized spacial score (nSPS) is 11.4. The molecule has 0 saturated carbocycles. The average molecular weight is 227 g/mol. The second kappa shape index (κ2) is 5.89. The molecule has 14 heavy (non-hydrogen) atoms. The van der Waals surface area contributed by atoms with Gasteiger partial charge in [0, 0.05) is 11.6 Å². The molecule has 0 saturated heterocycles. The van der Waals surface area contributed by atoms with Crippen molar-refractivity contribution >= 4 is 29.1 Å². The summed E-state index contributed by atoms with van der Waals surface area (Å²) in [6, 6.07) is 9.10. The zero-order valence-electron chi connectivity index (χ0n) is 7.87. The first-order chi connectivity index (χ1) is 6.74. The van der Waals surface area contributed by atoms with Crippen LogP contribution in [0.5, 0.6) is 0 Å². The van der Waals surface area contributed by atoms with Gasteiger partial charge < -0.3 is 0 Å². The van der Waals surface area contributed by atoms with E-state index in [4.69, 9.17) is 11.6 Å². The fraction of sp³-hybridized carbons (Fsp3) is 0.182. The molecule has 0 unspecified atom stereocenters. The van der Waals surface area contributed by atoms with Crippen LogP contribution in [0.2, 0.25) is 0 Å². The summed E-state index contributed by atoms with van der Waals surface area (Å²) in [4.78, 5) is 11.6. The molecule has 1 aromatic carbocycles. The van der Waals surface area contributed by atoms with E-state index in [1.54, 1.807) is 12.1 Å². The summed E-state index contributed by atoms with van der Waals surface area (Å²) in [6.07, 6.45) is 1.46. The number of rotatable bonds is 4. The molecule has 0 aromatic heterocycles. The molecular weight excluding hydrogens is 216 g/mol. The van der Waals surface area contributed by atoms with Crippen molar-refractivity contribution in [1.82, 2.24) is 0 Å². The molecule has 1 nitrogen and oxygen atoms in total. The fourth-order valence-electron chi connectivity index (χ4n) is 0.968. The van der Waals surface area contributed by atoms with E-state index in [2.05, 4.69) is 0 Å². The van der Waals surface area contributed by atoms with Gasteiger partial charge in [-0.15, -0.1) is 11.8 Å². The Hall–Kier alpha value is -0.730. The highest BCUT2D eigenvalue weighted by Crippen LogP contribution is 2.19. The van der Waals surface area contributed by atoms with E-state index in [0.29, 0.717) is 9.93 Å². The van der Waals surface area contributed by atoms with Crippen LogP contribution in [0.3, 0.4) is 0 Å². The third kappa shape index (κ3) is 3.56. The summed E-state index contributed by atoms with van der Waals surface area (Å²) >= 11 is 7.29. The molecule has 74 valence electrons. The first-order valence-corrected chi connectivity index (χ1v) is 5.69. The van der Waals surface area contributed by atoms with Crippen LogP contribution in [0.1, 0.15) is 17.3 Å². The molecule has 1 aromatic rings. The Labute approximate surface area is 93.2 Å². The van der Waals surface area contributed by atoms with Crippen LogP contribution in [-0.4, -0.2) is 11.5 Å². The highest BCUT2D eigenvalue weighted by atomic mass is 35.5. The lowest BCUT2D eigenvalue weighted by atomic mass is 10.1. The Balaban J connectivity index is 2.72. The molecule has 0 aliphatic rings. The molecule has 0 fully saturated rings. The molecule has 0 aliphatic carbocycles. The quantitative estimate of drug-likeness (QED) is 0.575. The van der Waals surface area contributed by atoms with Gasteiger partial charge in [-0.05, 0) is 5.75 Å². The van der Waals surface area contributed by atoms with Crippen molar-refractivity contribution in [1.29, 1.82) is 0 Å². The number of carbonyl (C=O) groups excluding carboxylic acids is 1. The Morgan fingerprint density at radius 3 is 2.64 bits per heavy atom. The minimum atomic E-state index is -0.0449. The van der Waals surface area contributed by atoms with Crippen LogP contribution in [0.4, 0.5) is 0 Å². The van der Waals surface area contributed by atoms with Crippen molar-refractivity contribution in [3.63, 3.8) is 0 Å². The van der Waals surface area contributed by atoms with E-state index >= 15 is 0 Å². The first kappa shape index (κ1) is 11.3. The van der Waals surface area contributed by atoms with Crippen molar-refractivity contribution < 1.29 is 4.79 Å². The Bertz CT molecular complexity index is 332. The second-order valence-electron chi connectivity index (χ2n) is 2.61. The van der Waals surface area contributed by atoms with Crippen LogP contribution < -0.4 is 0 Å². The van der Waals surface area contributed by atoms with E-state index in [9.17, 15) is 4.79 Å². The first-order valence-electron chi connectivity index (χ1n) is 4.33. The van der Waals surface area contributed by atoms with E-state index < -0.39 is 0 Å². The number of ketones is 1. The van der Waals surface area contributed by atoms with Gasteiger partial charge in [0.25, 0.3) is 0 Å². The summed E-state index contributed by atoms with van der Waals surface area (Å²) in [7, 11) is 0. The van der Waals surface area contributed by atoms with E-state index in [1.165, 1.54) is 17.8 Å². The van der Waals surface area contributed by atoms with Gasteiger partial charge in [-0.2, -0.15) is 0 Å². The molecule has 1 rings (SSSR count). The Kier molecular flexibility index (Phi) is 4.77. The van der Waals surface area contributed by atoms with Gasteiger partial charge in [-0.25, -0.2) is 0 Å². The third-order valence-corrected chi connectivity index (χ3v) is 2.70. The summed E-state index contributed by atoms with van der Waals surface area (Å²) < 4.78 is 0.543. The minimum absolute atomic E-state index is 0.0449. The lowest BCUT2D eigenvalue weighted by molar-refractivity contribution is 0.104. The van der Waals surface area contributed by atoms with Crippen LogP contribution in [0.25, 0.3) is 0 Å². The number of allylic oxidation sites excluding steroid dienone is 1. The largest absolute Gasteiger partial charge is 0.289 e. The van der Waals surface area contributed by atoms with Crippen molar-refractivity contribution in [3.8, 4) is 0 Å². The Morgan fingerprint density at radius 1 is 1.43 bits per heavy atom. The molecule has 3 heteroatoms. The van der Waals surface area contributed by atoms with Gasteiger partial charge in [-0.3, -0.25) is 4.79 Å². The molecule has 0 amide bonds. The molecule has 0 aliphatic heterocycles. The standard InChI is InChI=1S/C11H11ClOS/c1-2-14-11(12)8-10(13)9-6-4-3-5-7-9/h3-8H,2H2,1H3/b11-8-. The molecular formula is C11H11ClOS. The molecule has 0 N–H and O–H groups in total. The highest BCUT2D eigenvalue weighted by Gasteiger charge is 2.02. The average Bonchev–Trinajstić information content (AvgIpc) is 2.19. The maximum absolute atomic E-state index is 11.6. The van der Waals surface area contributed by atoms with Crippen molar-refractivity contribution in [2.24, 2.45) is 0 Å². The van der Waals surface area contributed by atoms with Crippen LogP contribution >= 0.6 is 23.4 Å². The second-order valence-corrected chi connectivity index (χ2v) is 4.55. The topological polar surface area (TPSA) is 17.1 Å². The SMILES string of the molecule is CCS/C(Cl)=C\C(=O)c1ccccc1. The van der Waals surface area contributed by atoms with Gasteiger partial charge in [0.05, 0.1) is 4.36 Å². The lowest BCUT2D eigenvalue weighted by Crippen LogP contribution is -1.93. The van der Waals surface area contributed by atoms with Gasteiger partial charge in [0.1, 0.15) is 0 Å². The lowest BCUT2D eigenvalue weighted by Gasteiger charge is -1.96. The zero-order chi connectivity index (χ0) is 10.4. The number of hydrogen-bond acceptors (Lipinski definition) is 2. The van der Waals surface area contributed by atoms with Crippen molar-refractivity contribution in [2.75, 3.05) is 5.75 Å². The fourth-order valence-corrected chi connectivity index (χ4v) is 1.86. The summed E-state index contributed by atoms with van der Waals surface area (Å²) in [5.74, 6) is 0.828. The molecule has 0 bridgehead atoms. The third-order valence-electron chi connectivity index (χ3n) is 1.59. The monoisotopic (exact) mass is 226 g/mol. The predicted octanol–water partition coefficient (Wildman–Crippen LogP) is 3.70. The van der Waals surface area contributed by atoms with Gasteiger partial charge in [0.15, 0.2) is 5.78 Å². The van der Waals surface area contributed by atoms with Crippen LogP contribution in [0, 0.1) is 0 Å². The van der Waals surface area contributed by atoms with E-state index in [-0.39, 0.29) is 5.78 Å². The maximum Gasteiger partial charge on any atom is 0.187 e. The van der Waals surface area contributed by atoms with E-state index in [0.717, 1.165) is 5.75 Å². The number of benzene rings is 1. The highest BCUT2D eigenvalue weighted by molar-refractivity contribution is 8.04. The molecule has 0 spiro atoms. The maximum atomic E-state index is 11.6. The van der Waals surface area contributed by atoms with Crippen LogP contribution in [0.15, 0.2) is 40.8 Å². The van der Waals surface area contributed by atoms with Gasteiger partial charge in [-0.1, -0.05) is 48.9 Å². The van der Waals surface area contributed by atoms with Gasteiger partial charge in [0.2, 0.25) is 0 Å². The zero-order valence-corrected chi connectivity index (χ0v) is 9.44. The predicted molar refractivity (Wildman–Crippen MR) is 62.8 cm³/mol. The molecule has 0 atom stereocenters. The Morgan fingerprint density at radius 2 is 2.07 bits per heavy atom. The molecule has 0 heterocycles. The summed E-state index contributed by atoms with van der Waals surface area (Å²) in [5, 5.41) is 0. The minimum Gasteiger partial charge on any atom is -0.289 e. The molecule has 0 radical (unpaired) electrons. The van der Waals surface area contributed by atoms with Crippen molar-refractivity contribution in [3.05, 3.63) is 46.3 Å². The van der Waals surface area contributed by atoms with Gasteiger partial charge >= 0.3 is 0 Å². The summed E-state index contributed by atoms with van der Waals surface area (Å²) in [6.45, 7) is 1.99. The number of hydrogen-bond donors (Lipinski definition) is 0. The number of carbonyl (C=O) groups is 1. The number of thioether (sulfide) groups is 1. The van der Waals surface area contributed by atoms with E-state index in [1.807, 2.05) is 25.1 Å². The van der Waals surface area contributed by atoms with Crippen molar-refractivity contribution in [2.45, 2.75) is 6.92 Å². The smallest absolute Gasteiger partial charge is 0.187 e. The van der Waals surface area contributed by atoms with Crippen LogP contribution in [-0.2, 0) is 0 Å². The number of halogens is 1. The summed E-state index contributed by atoms with van der Waals surface area (Å²) in [5.41, 5.74) is 0.669.